The number of thioether (sulfide) groups is 2. The third-order valence-electron chi connectivity index (χ3n) is 2.48. The fourth-order valence-corrected chi connectivity index (χ4v) is 3.47. The highest BCUT2D eigenvalue weighted by Crippen LogP contribution is 2.19. The Balaban J connectivity index is 2.21. The van der Waals surface area contributed by atoms with Crippen molar-refractivity contribution in [3.05, 3.63) is 29.8 Å². The molecule has 2 N–H and O–H groups in total. The summed E-state index contributed by atoms with van der Waals surface area (Å²) >= 11 is 3.29. The molecule has 110 valence electrons. The fourth-order valence-electron chi connectivity index (χ4n) is 1.47. The normalized spacial score (nSPS) is 11.9. The van der Waals surface area contributed by atoms with Gasteiger partial charge in [0.15, 0.2) is 0 Å². The monoisotopic (exact) mass is 313 g/mol. The number of aliphatic carboxylic acids is 1. The molecule has 0 aliphatic carbocycles. The second-order valence-corrected chi connectivity index (χ2v) is 6.65. The molecule has 0 aliphatic rings. The van der Waals surface area contributed by atoms with Gasteiger partial charge in [-0.25, -0.2) is 4.79 Å². The molecular weight excluding hydrogens is 294 g/mol. The lowest BCUT2D eigenvalue weighted by molar-refractivity contribution is -0.140. The van der Waals surface area contributed by atoms with E-state index in [1.54, 1.807) is 11.8 Å². The van der Waals surface area contributed by atoms with Crippen LogP contribution in [0.3, 0.4) is 0 Å². The minimum absolute atomic E-state index is 0.313. The van der Waals surface area contributed by atoms with E-state index in [4.69, 9.17) is 5.11 Å². The highest BCUT2D eigenvalue weighted by atomic mass is 32.2. The zero-order valence-corrected chi connectivity index (χ0v) is 13.2. The molecule has 1 aromatic rings. The fraction of sp³-hybridized carbons (Fsp3) is 0.429. The van der Waals surface area contributed by atoms with Gasteiger partial charge in [0, 0.05) is 29.1 Å². The topological polar surface area (TPSA) is 66.4 Å². The van der Waals surface area contributed by atoms with E-state index in [9.17, 15) is 9.59 Å². The Hall–Kier alpha value is -1.14. The molecule has 0 saturated heterocycles. The molecule has 6 heteroatoms. The zero-order valence-electron chi connectivity index (χ0n) is 11.6. The van der Waals surface area contributed by atoms with Gasteiger partial charge in [-0.1, -0.05) is 17.7 Å². The van der Waals surface area contributed by atoms with Crippen molar-refractivity contribution in [2.75, 3.05) is 17.3 Å². The average molecular weight is 313 g/mol. The molecule has 0 fully saturated rings. The Bertz CT molecular complexity index is 448. The predicted octanol–water partition coefficient (Wildman–Crippen LogP) is 2.41. The summed E-state index contributed by atoms with van der Waals surface area (Å²) in [7, 11) is 0. The lowest BCUT2D eigenvalue weighted by Gasteiger charge is -2.12. The third kappa shape index (κ3) is 6.86. The first-order valence-corrected chi connectivity index (χ1v) is 8.40. The van der Waals surface area contributed by atoms with Crippen LogP contribution in [0.5, 0.6) is 0 Å². The number of hydrogen-bond donors (Lipinski definition) is 2. The van der Waals surface area contributed by atoms with Gasteiger partial charge in [0.05, 0.1) is 0 Å². The van der Waals surface area contributed by atoms with Crippen LogP contribution in [-0.4, -0.2) is 40.3 Å². The van der Waals surface area contributed by atoms with Gasteiger partial charge < -0.3 is 10.4 Å². The van der Waals surface area contributed by atoms with Crippen molar-refractivity contribution < 1.29 is 14.7 Å². The van der Waals surface area contributed by atoms with Crippen molar-refractivity contribution in [3.8, 4) is 0 Å². The Morgan fingerprint density at radius 3 is 2.45 bits per heavy atom. The van der Waals surface area contributed by atoms with Crippen molar-refractivity contribution in [3.63, 3.8) is 0 Å². The number of carboxylic acid groups (broad SMARTS) is 1. The molecule has 0 bridgehead atoms. The third-order valence-corrected chi connectivity index (χ3v) is 4.81. The number of carboxylic acids is 1. The number of rotatable bonds is 8. The van der Waals surface area contributed by atoms with Crippen LogP contribution in [0.2, 0.25) is 0 Å². The molecule has 4 nitrogen and oxygen atoms in total. The highest BCUT2D eigenvalue weighted by molar-refractivity contribution is 8.03. The number of aryl methyl sites for hydroxylation is 1. The van der Waals surface area contributed by atoms with E-state index in [0.717, 1.165) is 11.5 Å². The van der Waals surface area contributed by atoms with Gasteiger partial charge in [0.2, 0.25) is 5.91 Å². The van der Waals surface area contributed by atoms with Crippen molar-refractivity contribution in [1.82, 2.24) is 5.32 Å². The van der Waals surface area contributed by atoms with Crippen LogP contribution in [0.1, 0.15) is 12.5 Å². The van der Waals surface area contributed by atoms with Crippen LogP contribution < -0.4 is 5.32 Å². The maximum Gasteiger partial charge on any atom is 0.327 e. The Morgan fingerprint density at radius 1 is 1.25 bits per heavy atom. The maximum atomic E-state index is 10.9. The quantitative estimate of drug-likeness (QED) is 0.570. The van der Waals surface area contributed by atoms with Crippen molar-refractivity contribution in [2.24, 2.45) is 0 Å². The summed E-state index contributed by atoms with van der Waals surface area (Å²) < 4.78 is 0. The van der Waals surface area contributed by atoms with Crippen LogP contribution in [0.25, 0.3) is 0 Å². The lowest BCUT2D eigenvalue weighted by atomic mass is 10.2. The first-order valence-electron chi connectivity index (χ1n) is 6.26. The summed E-state index contributed by atoms with van der Waals surface area (Å²) in [5.74, 6) is 0.858. The smallest absolute Gasteiger partial charge is 0.327 e. The summed E-state index contributed by atoms with van der Waals surface area (Å²) in [5.41, 5.74) is 1.24. The van der Waals surface area contributed by atoms with Gasteiger partial charge in [0.25, 0.3) is 0 Å². The van der Waals surface area contributed by atoms with Crippen LogP contribution in [0.4, 0.5) is 0 Å². The summed E-state index contributed by atoms with van der Waals surface area (Å²) in [6, 6.07) is 7.52. The molecular formula is C14H19NO3S2. The molecule has 1 atom stereocenters. The SMILES string of the molecule is CC(=O)N[C@@H](CSCCSc1ccc(C)cc1)C(=O)O. The van der Waals surface area contributed by atoms with E-state index in [1.165, 1.54) is 29.1 Å². The average Bonchev–Trinajstić information content (AvgIpc) is 2.38. The van der Waals surface area contributed by atoms with Crippen LogP contribution in [0.15, 0.2) is 29.2 Å². The maximum absolute atomic E-state index is 10.9. The molecule has 0 heterocycles. The summed E-state index contributed by atoms with van der Waals surface area (Å²) in [4.78, 5) is 23.0. The van der Waals surface area contributed by atoms with Crippen molar-refractivity contribution in [1.29, 1.82) is 0 Å². The zero-order chi connectivity index (χ0) is 15.0. The number of carbonyl (C=O) groups excluding carboxylic acids is 1. The van der Waals surface area contributed by atoms with Gasteiger partial charge >= 0.3 is 5.97 Å². The van der Waals surface area contributed by atoms with Gasteiger partial charge in [-0.2, -0.15) is 11.8 Å². The minimum atomic E-state index is -0.987. The molecule has 0 saturated carbocycles. The highest BCUT2D eigenvalue weighted by Gasteiger charge is 2.17. The molecule has 20 heavy (non-hydrogen) atoms. The van der Waals surface area contributed by atoms with Crippen molar-refractivity contribution >= 4 is 35.4 Å². The molecule has 0 unspecified atom stereocenters. The number of amides is 1. The van der Waals surface area contributed by atoms with E-state index in [0.29, 0.717) is 5.75 Å². The molecule has 0 aliphatic heterocycles. The van der Waals surface area contributed by atoms with Crippen molar-refractivity contribution in [2.45, 2.75) is 24.8 Å². The van der Waals surface area contributed by atoms with E-state index >= 15 is 0 Å². The van der Waals surface area contributed by atoms with Crippen LogP contribution in [-0.2, 0) is 9.59 Å². The predicted molar refractivity (Wildman–Crippen MR) is 84.5 cm³/mol. The number of carbonyl (C=O) groups is 2. The van der Waals surface area contributed by atoms with Crippen LogP contribution in [0, 0.1) is 6.92 Å². The first kappa shape index (κ1) is 16.9. The second kappa shape index (κ2) is 8.92. The van der Waals surface area contributed by atoms with E-state index < -0.39 is 12.0 Å². The first-order chi connectivity index (χ1) is 9.49. The van der Waals surface area contributed by atoms with Gasteiger partial charge in [-0.05, 0) is 19.1 Å². The molecule has 0 aromatic heterocycles. The molecule has 1 aromatic carbocycles. The van der Waals surface area contributed by atoms with Gasteiger partial charge in [0.1, 0.15) is 6.04 Å². The Kier molecular flexibility index (Phi) is 7.54. The number of hydrogen-bond acceptors (Lipinski definition) is 4. The largest absolute Gasteiger partial charge is 0.480 e. The van der Waals surface area contributed by atoms with E-state index in [2.05, 4.69) is 36.5 Å². The van der Waals surface area contributed by atoms with Crippen LogP contribution >= 0.6 is 23.5 Å². The Morgan fingerprint density at radius 2 is 1.90 bits per heavy atom. The Labute approximate surface area is 127 Å². The summed E-state index contributed by atoms with van der Waals surface area (Å²) in [6.45, 7) is 3.38. The molecule has 1 amide bonds. The standard InChI is InChI=1S/C14H19NO3S2/c1-10-3-5-12(6-4-10)20-8-7-19-9-13(14(17)18)15-11(2)16/h3-6,13H,7-9H2,1-2H3,(H,15,16)(H,17,18)/t13-/m0/s1. The van der Waals surface area contributed by atoms with E-state index in [1.807, 2.05) is 0 Å². The second-order valence-electron chi connectivity index (χ2n) is 4.33. The molecule has 0 spiro atoms. The molecule has 1 rings (SSSR count). The number of benzene rings is 1. The lowest BCUT2D eigenvalue weighted by Crippen LogP contribution is -2.41. The molecule has 0 radical (unpaired) electrons. The van der Waals surface area contributed by atoms with Gasteiger partial charge in [-0.3, -0.25) is 4.79 Å². The van der Waals surface area contributed by atoms with E-state index in [-0.39, 0.29) is 5.91 Å². The minimum Gasteiger partial charge on any atom is -0.480 e. The van der Waals surface area contributed by atoms with Gasteiger partial charge in [-0.15, -0.1) is 11.8 Å². The summed E-state index contributed by atoms with van der Waals surface area (Å²) in [6.07, 6.45) is 0. The number of nitrogens with one attached hydrogen (secondary N) is 1. The summed E-state index contributed by atoms with van der Waals surface area (Å²) in [5, 5.41) is 11.4.